The molecule has 0 saturated heterocycles. The lowest BCUT2D eigenvalue weighted by molar-refractivity contribution is 0.238. The Hall–Kier alpha value is -2.07. The van der Waals surface area contributed by atoms with Crippen LogP contribution in [-0.2, 0) is 6.54 Å². The van der Waals surface area contributed by atoms with Gasteiger partial charge in [0.05, 0.1) is 0 Å². The average molecular weight is 258 g/mol. The zero-order valence-electron chi connectivity index (χ0n) is 10.7. The number of carbonyl (C=O) groups excluding carboxylic acids is 1. The molecule has 0 saturated carbocycles. The third-order valence-electron chi connectivity index (χ3n) is 2.89. The molecule has 0 aliphatic heterocycles. The summed E-state index contributed by atoms with van der Waals surface area (Å²) in [5.41, 5.74) is 1.07. The molecule has 0 unspecified atom stereocenters. The molecule has 0 bridgehead atoms. The third-order valence-corrected chi connectivity index (χ3v) is 2.89. The van der Waals surface area contributed by atoms with Crippen LogP contribution in [0.1, 0.15) is 12.0 Å². The number of aliphatic hydroxyl groups excluding tert-OH is 1. The summed E-state index contributed by atoms with van der Waals surface area (Å²) in [5.74, 6) is 0. The summed E-state index contributed by atoms with van der Waals surface area (Å²) in [6.07, 6.45) is 0.573. The van der Waals surface area contributed by atoms with Gasteiger partial charge in [-0.05, 0) is 28.8 Å². The minimum Gasteiger partial charge on any atom is -0.396 e. The van der Waals surface area contributed by atoms with Crippen LogP contribution in [0, 0.1) is 0 Å². The third kappa shape index (κ3) is 3.96. The Morgan fingerprint density at radius 2 is 1.84 bits per heavy atom. The highest BCUT2D eigenvalue weighted by Gasteiger charge is 2.00. The van der Waals surface area contributed by atoms with E-state index >= 15 is 0 Å². The van der Waals surface area contributed by atoms with Gasteiger partial charge in [-0.3, -0.25) is 0 Å². The number of aliphatic hydroxyl groups is 1. The fraction of sp³-hybridized carbons (Fsp3) is 0.267. The zero-order valence-corrected chi connectivity index (χ0v) is 10.7. The van der Waals surface area contributed by atoms with E-state index in [-0.39, 0.29) is 12.6 Å². The van der Waals surface area contributed by atoms with Crippen LogP contribution in [0.4, 0.5) is 4.79 Å². The van der Waals surface area contributed by atoms with E-state index in [9.17, 15) is 4.79 Å². The van der Waals surface area contributed by atoms with Crippen molar-refractivity contribution >= 4 is 16.8 Å². The van der Waals surface area contributed by atoms with Gasteiger partial charge in [-0.2, -0.15) is 0 Å². The molecule has 0 fully saturated rings. The molecule has 0 aliphatic carbocycles. The molecular weight excluding hydrogens is 240 g/mol. The van der Waals surface area contributed by atoms with Crippen molar-refractivity contribution in [1.29, 1.82) is 0 Å². The normalized spacial score (nSPS) is 10.4. The Balaban J connectivity index is 1.89. The van der Waals surface area contributed by atoms with Gasteiger partial charge in [0.2, 0.25) is 0 Å². The van der Waals surface area contributed by atoms with Crippen LogP contribution in [0.2, 0.25) is 0 Å². The van der Waals surface area contributed by atoms with Crippen molar-refractivity contribution < 1.29 is 9.90 Å². The van der Waals surface area contributed by atoms with E-state index in [0.29, 0.717) is 19.5 Å². The first kappa shape index (κ1) is 13.4. The molecule has 2 aromatic rings. The van der Waals surface area contributed by atoms with Gasteiger partial charge < -0.3 is 15.7 Å². The molecule has 0 spiro atoms. The lowest BCUT2D eigenvalue weighted by Gasteiger charge is -2.08. The van der Waals surface area contributed by atoms with Gasteiger partial charge in [0.15, 0.2) is 0 Å². The van der Waals surface area contributed by atoms with E-state index in [2.05, 4.69) is 34.9 Å². The molecule has 0 heterocycles. The van der Waals surface area contributed by atoms with E-state index in [1.807, 2.05) is 18.2 Å². The zero-order chi connectivity index (χ0) is 13.5. The molecular formula is C15H18N2O2. The van der Waals surface area contributed by atoms with Crippen molar-refractivity contribution in [3.05, 3.63) is 48.0 Å². The summed E-state index contributed by atoms with van der Waals surface area (Å²) in [7, 11) is 0. The molecule has 0 aromatic heterocycles. The molecule has 0 radical (unpaired) electrons. The van der Waals surface area contributed by atoms with Crippen LogP contribution in [0.25, 0.3) is 10.8 Å². The van der Waals surface area contributed by atoms with Crippen LogP contribution in [-0.4, -0.2) is 24.3 Å². The Bertz CT molecular complexity index is 555. The maximum Gasteiger partial charge on any atom is 0.315 e. The first-order chi connectivity index (χ1) is 9.29. The first-order valence-electron chi connectivity index (χ1n) is 6.40. The van der Waals surface area contributed by atoms with Crippen molar-refractivity contribution in [2.45, 2.75) is 13.0 Å². The lowest BCUT2D eigenvalue weighted by atomic mass is 10.1. The number of benzene rings is 2. The lowest BCUT2D eigenvalue weighted by Crippen LogP contribution is -2.35. The highest BCUT2D eigenvalue weighted by atomic mass is 16.3. The van der Waals surface area contributed by atoms with E-state index < -0.39 is 0 Å². The second kappa shape index (κ2) is 6.75. The van der Waals surface area contributed by atoms with E-state index in [1.165, 1.54) is 10.8 Å². The molecule has 0 atom stereocenters. The molecule has 4 nitrogen and oxygen atoms in total. The highest BCUT2D eigenvalue weighted by molar-refractivity contribution is 5.83. The smallest absolute Gasteiger partial charge is 0.315 e. The first-order valence-corrected chi connectivity index (χ1v) is 6.40. The Morgan fingerprint density at radius 1 is 1.05 bits per heavy atom. The SMILES string of the molecule is O=C(NCCCO)NCc1ccc2ccccc2c1. The van der Waals surface area contributed by atoms with Crippen molar-refractivity contribution in [3.63, 3.8) is 0 Å². The summed E-state index contributed by atoms with van der Waals surface area (Å²) >= 11 is 0. The van der Waals surface area contributed by atoms with Gasteiger partial charge in [0.1, 0.15) is 0 Å². The van der Waals surface area contributed by atoms with Gasteiger partial charge in [-0.25, -0.2) is 4.79 Å². The van der Waals surface area contributed by atoms with Gasteiger partial charge in [-0.1, -0.05) is 36.4 Å². The topological polar surface area (TPSA) is 61.4 Å². The monoisotopic (exact) mass is 258 g/mol. The predicted molar refractivity (Wildman–Crippen MR) is 75.9 cm³/mol. The number of carbonyl (C=O) groups is 1. The number of nitrogens with one attached hydrogen (secondary N) is 2. The average Bonchev–Trinajstić information content (AvgIpc) is 2.45. The fourth-order valence-electron chi connectivity index (χ4n) is 1.87. The van der Waals surface area contributed by atoms with E-state index in [0.717, 1.165) is 5.56 Å². The van der Waals surface area contributed by atoms with Crippen molar-refractivity contribution in [1.82, 2.24) is 10.6 Å². The fourth-order valence-corrected chi connectivity index (χ4v) is 1.87. The van der Waals surface area contributed by atoms with Crippen molar-refractivity contribution in [2.75, 3.05) is 13.2 Å². The Kier molecular flexibility index (Phi) is 4.75. The molecule has 2 rings (SSSR count). The summed E-state index contributed by atoms with van der Waals surface area (Å²) in [6, 6.07) is 14.1. The number of fused-ring (bicyclic) bond motifs is 1. The maximum absolute atomic E-state index is 11.5. The molecule has 4 heteroatoms. The van der Waals surface area contributed by atoms with Gasteiger partial charge in [-0.15, -0.1) is 0 Å². The number of hydrogen-bond donors (Lipinski definition) is 3. The molecule has 2 amide bonds. The summed E-state index contributed by atoms with van der Waals surface area (Å²) in [6.45, 7) is 1.07. The van der Waals surface area contributed by atoms with Crippen molar-refractivity contribution in [2.24, 2.45) is 0 Å². The number of hydrogen-bond acceptors (Lipinski definition) is 2. The minimum atomic E-state index is -0.207. The maximum atomic E-state index is 11.5. The quantitative estimate of drug-likeness (QED) is 0.718. The Labute approximate surface area is 112 Å². The second-order valence-electron chi connectivity index (χ2n) is 4.37. The predicted octanol–water partition coefficient (Wildman–Crippen LogP) is 2.02. The van der Waals surface area contributed by atoms with Crippen LogP contribution in [0.5, 0.6) is 0 Å². The van der Waals surface area contributed by atoms with Gasteiger partial charge in [0, 0.05) is 19.7 Å². The number of amides is 2. The van der Waals surface area contributed by atoms with Gasteiger partial charge in [0.25, 0.3) is 0 Å². The van der Waals surface area contributed by atoms with E-state index in [4.69, 9.17) is 5.11 Å². The Morgan fingerprint density at radius 3 is 2.63 bits per heavy atom. The molecule has 0 aliphatic rings. The summed E-state index contributed by atoms with van der Waals surface area (Å²) in [4.78, 5) is 11.5. The van der Waals surface area contributed by atoms with Crippen LogP contribution < -0.4 is 10.6 Å². The standard InChI is InChI=1S/C15H18N2O2/c18-9-3-8-16-15(19)17-11-12-6-7-13-4-1-2-5-14(13)10-12/h1-2,4-7,10,18H,3,8-9,11H2,(H2,16,17,19). The number of urea groups is 1. The number of rotatable bonds is 5. The summed E-state index contributed by atoms with van der Waals surface area (Å²) in [5, 5.41) is 16.4. The van der Waals surface area contributed by atoms with Crippen LogP contribution >= 0.6 is 0 Å². The van der Waals surface area contributed by atoms with Crippen LogP contribution in [0.3, 0.4) is 0 Å². The molecule has 100 valence electrons. The summed E-state index contributed by atoms with van der Waals surface area (Å²) < 4.78 is 0. The largest absolute Gasteiger partial charge is 0.396 e. The van der Waals surface area contributed by atoms with Crippen LogP contribution in [0.15, 0.2) is 42.5 Å². The highest BCUT2D eigenvalue weighted by Crippen LogP contribution is 2.15. The molecule has 3 N–H and O–H groups in total. The van der Waals surface area contributed by atoms with Crippen molar-refractivity contribution in [3.8, 4) is 0 Å². The molecule has 2 aromatic carbocycles. The van der Waals surface area contributed by atoms with E-state index in [1.54, 1.807) is 0 Å². The minimum absolute atomic E-state index is 0.0882. The second-order valence-corrected chi connectivity index (χ2v) is 4.37. The van der Waals surface area contributed by atoms with Gasteiger partial charge >= 0.3 is 6.03 Å². The molecule has 19 heavy (non-hydrogen) atoms.